The molecule has 1 heterocycles. The van der Waals surface area contributed by atoms with Gasteiger partial charge in [0, 0.05) is 25.4 Å². The summed E-state index contributed by atoms with van der Waals surface area (Å²) in [5, 5.41) is 14.1. The Hall–Kier alpha value is -1.44. The summed E-state index contributed by atoms with van der Waals surface area (Å²) >= 11 is 0. The Morgan fingerprint density at radius 2 is 2.05 bits per heavy atom. The number of likely N-dealkylation sites (tertiary alicyclic amines) is 1. The maximum atomic E-state index is 11.9. The van der Waals surface area contributed by atoms with Gasteiger partial charge in [-0.25, -0.2) is 13.6 Å². The van der Waals surface area contributed by atoms with Crippen molar-refractivity contribution in [2.75, 3.05) is 12.3 Å². The van der Waals surface area contributed by atoms with E-state index >= 15 is 0 Å². The maximum Gasteiger partial charge on any atom is 0.223 e. The van der Waals surface area contributed by atoms with Crippen LogP contribution >= 0.6 is 0 Å². The molecule has 1 unspecified atom stereocenters. The molecule has 1 aromatic carbocycles. The van der Waals surface area contributed by atoms with Gasteiger partial charge in [0.1, 0.15) is 0 Å². The van der Waals surface area contributed by atoms with Crippen molar-refractivity contribution >= 4 is 15.9 Å². The Labute approximate surface area is 118 Å². The van der Waals surface area contributed by atoms with Crippen LogP contribution in [0.2, 0.25) is 0 Å². The monoisotopic (exact) mass is 298 g/mol. The Morgan fingerprint density at radius 3 is 2.70 bits per heavy atom. The Bertz CT molecular complexity index is 600. The number of amides is 1. The summed E-state index contributed by atoms with van der Waals surface area (Å²) in [7, 11) is -3.55. The van der Waals surface area contributed by atoms with Crippen LogP contribution in [0.4, 0.5) is 0 Å². The van der Waals surface area contributed by atoms with Crippen molar-refractivity contribution in [3.8, 4) is 0 Å². The van der Waals surface area contributed by atoms with Crippen LogP contribution in [0.1, 0.15) is 17.5 Å². The fraction of sp³-hybridized carbons (Fsp3) is 0.462. The number of nitrogens with two attached hydrogens (primary N) is 1. The van der Waals surface area contributed by atoms with Crippen molar-refractivity contribution in [2.45, 2.75) is 19.6 Å². The second-order valence-electron chi connectivity index (χ2n) is 5.15. The minimum atomic E-state index is -3.55. The molecular weight excluding hydrogens is 280 g/mol. The predicted octanol–water partition coefficient (Wildman–Crippen LogP) is -0.184. The summed E-state index contributed by atoms with van der Waals surface area (Å²) in [5.41, 5.74) is 1.70. The molecule has 110 valence electrons. The van der Waals surface area contributed by atoms with E-state index in [2.05, 4.69) is 0 Å². The van der Waals surface area contributed by atoms with E-state index in [9.17, 15) is 13.2 Å². The Kier molecular flexibility index (Phi) is 4.42. The fourth-order valence-corrected chi connectivity index (χ4v) is 3.37. The number of carbonyl (C=O) groups excluding carboxylic acids is 1. The zero-order chi connectivity index (χ0) is 14.8. The largest absolute Gasteiger partial charge is 0.392 e. The minimum Gasteiger partial charge on any atom is -0.392 e. The highest BCUT2D eigenvalue weighted by molar-refractivity contribution is 7.89. The van der Waals surface area contributed by atoms with Gasteiger partial charge in [-0.05, 0) is 11.1 Å². The minimum absolute atomic E-state index is 0.0458. The molecule has 20 heavy (non-hydrogen) atoms. The van der Waals surface area contributed by atoms with E-state index in [0.29, 0.717) is 13.1 Å². The molecule has 0 aromatic heterocycles. The zero-order valence-electron chi connectivity index (χ0n) is 11.0. The summed E-state index contributed by atoms with van der Waals surface area (Å²) < 4.78 is 22.1. The average molecular weight is 298 g/mol. The van der Waals surface area contributed by atoms with Crippen molar-refractivity contribution in [3.05, 3.63) is 35.4 Å². The number of hydrogen-bond acceptors (Lipinski definition) is 4. The van der Waals surface area contributed by atoms with Gasteiger partial charge in [-0.1, -0.05) is 24.3 Å². The highest BCUT2D eigenvalue weighted by Crippen LogP contribution is 2.21. The van der Waals surface area contributed by atoms with Crippen LogP contribution in [0, 0.1) is 5.92 Å². The molecule has 1 amide bonds. The smallest absolute Gasteiger partial charge is 0.223 e. The van der Waals surface area contributed by atoms with Gasteiger partial charge >= 0.3 is 0 Å². The molecule has 1 fully saturated rings. The molecule has 1 aromatic rings. The standard InChI is InChI=1S/C13H18N2O4S/c14-20(18,19)9-12-5-13(17)15(7-12)6-10-2-1-3-11(4-10)8-16/h1-4,12,16H,5-9H2,(H2,14,18,19). The van der Waals surface area contributed by atoms with E-state index in [1.807, 2.05) is 18.2 Å². The Morgan fingerprint density at radius 1 is 1.35 bits per heavy atom. The number of aliphatic hydroxyl groups is 1. The number of benzene rings is 1. The van der Waals surface area contributed by atoms with Crippen molar-refractivity contribution in [2.24, 2.45) is 11.1 Å². The molecule has 1 atom stereocenters. The lowest BCUT2D eigenvalue weighted by Crippen LogP contribution is -2.27. The van der Waals surface area contributed by atoms with E-state index in [1.165, 1.54) is 0 Å². The van der Waals surface area contributed by atoms with E-state index in [-0.39, 0.29) is 30.6 Å². The molecule has 0 saturated carbocycles. The molecule has 7 heteroatoms. The van der Waals surface area contributed by atoms with Crippen LogP contribution in [-0.2, 0) is 28.0 Å². The van der Waals surface area contributed by atoms with E-state index in [4.69, 9.17) is 10.2 Å². The lowest BCUT2D eigenvalue weighted by Gasteiger charge is -2.17. The van der Waals surface area contributed by atoms with Crippen molar-refractivity contribution in [1.82, 2.24) is 4.90 Å². The van der Waals surface area contributed by atoms with Crippen LogP contribution < -0.4 is 5.14 Å². The summed E-state index contributed by atoms with van der Waals surface area (Å²) in [5.74, 6) is -0.460. The van der Waals surface area contributed by atoms with Crippen LogP contribution in [0.15, 0.2) is 24.3 Å². The second-order valence-corrected chi connectivity index (χ2v) is 6.81. The van der Waals surface area contributed by atoms with Gasteiger partial charge in [-0.2, -0.15) is 0 Å². The summed E-state index contributed by atoms with van der Waals surface area (Å²) in [6.45, 7) is 0.780. The molecule has 1 aliphatic heterocycles. The summed E-state index contributed by atoms with van der Waals surface area (Å²) in [6, 6.07) is 7.34. The molecule has 1 aliphatic rings. The highest BCUT2D eigenvalue weighted by Gasteiger charge is 2.31. The van der Waals surface area contributed by atoms with Gasteiger partial charge in [-0.3, -0.25) is 4.79 Å². The van der Waals surface area contributed by atoms with Gasteiger partial charge in [0.15, 0.2) is 0 Å². The van der Waals surface area contributed by atoms with Gasteiger partial charge in [0.25, 0.3) is 0 Å². The third kappa shape index (κ3) is 4.03. The molecule has 2 rings (SSSR count). The van der Waals surface area contributed by atoms with Crippen LogP contribution in [0.5, 0.6) is 0 Å². The first kappa shape index (κ1) is 15.0. The van der Waals surface area contributed by atoms with Crippen LogP contribution in [0.3, 0.4) is 0 Å². The van der Waals surface area contributed by atoms with Gasteiger partial charge in [-0.15, -0.1) is 0 Å². The molecule has 6 nitrogen and oxygen atoms in total. The SMILES string of the molecule is NS(=O)(=O)CC1CC(=O)N(Cc2cccc(CO)c2)C1. The molecule has 1 saturated heterocycles. The third-order valence-electron chi connectivity index (χ3n) is 3.31. The first-order valence-electron chi connectivity index (χ1n) is 6.34. The highest BCUT2D eigenvalue weighted by atomic mass is 32.2. The average Bonchev–Trinajstić information content (AvgIpc) is 2.67. The second kappa shape index (κ2) is 5.90. The quantitative estimate of drug-likeness (QED) is 0.787. The lowest BCUT2D eigenvalue weighted by molar-refractivity contribution is -0.128. The molecular formula is C13H18N2O4S. The van der Waals surface area contributed by atoms with Gasteiger partial charge in [0.2, 0.25) is 15.9 Å². The molecule has 3 N–H and O–H groups in total. The van der Waals surface area contributed by atoms with Crippen molar-refractivity contribution < 1.29 is 18.3 Å². The van der Waals surface area contributed by atoms with E-state index in [1.54, 1.807) is 11.0 Å². The first-order valence-corrected chi connectivity index (χ1v) is 8.06. The van der Waals surface area contributed by atoms with Gasteiger partial charge in [0.05, 0.1) is 12.4 Å². The number of aliphatic hydroxyl groups excluding tert-OH is 1. The fourth-order valence-electron chi connectivity index (χ4n) is 2.49. The molecule has 0 aliphatic carbocycles. The Balaban J connectivity index is 2.01. The third-order valence-corrected chi connectivity index (χ3v) is 4.25. The summed E-state index contributed by atoms with van der Waals surface area (Å²) in [4.78, 5) is 13.5. The lowest BCUT2D eigenvalue weighted by atomic mass is 10.1. The van der Waals surface area contributed by atoms with Crippen LogP contribution in [-0.4, -0.2) is 36.6 Å². The van der Waals surface area contributed by atoms with Crippen molar-refractivity contribution in [1.29, 1.82) is 0 Å². The normalized spacial score (nSPS) is 19.6. The summed E-state index contributed by atoms with van der Waals surface area (Å²) in [6.07, 6.45) is 0.218. The molecule has 0 radical (unpaired) electrons. The zero-order valence-corrected chi connectivity index (χ0v) is 11.8. The number of carbonyl (C=O) groups is 1. The van der Waals surface area contributed by atoms with Crippen LogP contribution in [0.25, 0.3) is 0 Å². The topological polar surface area (TPSA) is 101 Å². The number of sulfonamides is 1. The van der Waals surface area contributed by atoms with Crippen molar-refractivity contribution in [3.63, 3.8) is 0 Å². The molecule has 0 bridgehead atoms. The van der Waals surface area contributed by atoms with Gasteiger partial charge < -0.3 is 10.0 Å². The predicted molar refractivity (Wildman–Crippen MR) is 73.9 cm³/mol. The number of hydrogen-bond donors (Lipinski definition) is 2. The maximum absolute atomic E-state index is 11.9. The number of rotatable bonds is 5. The van der Waals surface area contributed by atoms with E-state index in [0.717, 1.165) is 11.1 Å². The van der Waals surface area contributed by atoms with E-state index < -0.39 is 10.0 Å². The number of primary sulfonamides is 1. The molecule has 0 spiro atoms. The number of nitrogens with zero attached hydrogens (tertiary/aromatic N) is 1. The first-order chi connectivity index (χ1) is 9.37.